The van der Waals surface area contributed by atoms with Gasteiger partial charge in [0.25, 0.3) is 0 Å². The first-order chi connectivity index (χ1) is 8.51. The molecule has 1 N–H and O–H groups in total. The summed E-state index contributed by atoms with van der Waals surface area (Å²) in [6.45, 7) is 1.05. The van der Waals surface area contributed by atoms with Crippen LogP contribution in [0.5, 0.6) is 0 Å². The molecule has 1 rings (SSSR count). The summed E-state index contributed by atoms with van der Waals surface area (Å²) in [5.74, 6) is -1.23. The van der Waals surface area contributed by atoms with E-state index < -0.39 is 17.5 Å². The number of hydrogen-bond donors (Lipinski definition) is 1. The van der Waals surface area contributed by atoms with E-state index in [1.54, 1.807) is 0 Å². The molecule has 0 radical (unpaired) electrons. The number of esters is 2. The lowest BCUT2D eigenvalue weighted by Crippen LogP contribution is -2.45. The van der Waals surface area contributed by atoms with Gasteiger partial charge >= 0.3 is 11.9 Å². The summed E-state index contributed by atoms with van der Waals surface area (Å²) in [5.41, 5.74) is -1.41. The molecule has 18 heavy (non-hydrogen) atoms. The quantitative estimate of drug-likeness (QED) is 0.714. The monoisotopic (exact) mass is 260 g/mol. The standard InChI is InChI=1S/C12H20O6/c1-16-10(13)7-12(15,8-11(14)17-2)9-3-5-18-6-4-9/h9,15H,3-8H2,1-2H3. The Bertz CT molecular complexity index is 277. The van der Waals surface area contributed by atoms with Gasteiger partial charge in [0.05, 0.1) is 32.7 Å². The molecule has 0 saturated carbocycles. The van der Waals surface area contributed by atoms with E-state index in [0.717, 1.165) is 0 Å². The molecule has 0 unspecified atom stereocenters. The summed E-state index contributed by atoms with van der Waals surface area (Å²) >= 11 is 0. The predicted molar refractivity (Wildman–Crippen MR) is 61.8 cm³/mol. The maximum atomic E-state index is 11.4. The average molecular weight is 260 g/mol. The molecular formula is C12H20O6. The summed E-state index contributed by atoms with van der Waals surface area (Å²) in [5, 5.41) is 10.6. The lowest BCUT2D eigenvalue weighted by atomic mass is 9.77. The van der Waals surface area contributed by atoms with Crippen LogP contribution < -0.4 is 0 Å². The third-order valence-electron chi connectivity index (χ3n) is 3.34. The van der Waals surface area contributed by atoms with Crippen LogP contribution >= 0.6 is 0 Å². The SMILES string of the molecule is COC(=O)CC(O)(CC(=O)OC)C1CCOCC1. The van der Waals surface area contributed by atoms with Crippen molar-refractivity contribution in [1.82, 2.24) is 0 Å². The fourth-order valence-corrected chi connectivity index (χ4v) is 2.23. The van der Waals surface area contributed by atoms with Crippen LogP contribution in [0.25, 0.3) is 0 Å². The van der Waals surface area contributed by atoms with Gasteiger partial charge in [-0.15, -0.1) is 0 Å². The minimum Gasteiger partial charge on any atom is -0.469 e. The number of hydrogen-bond acceptors (Lipinski definition) is 6. The summed E-state index contributed by atoms with van der Waals surface area (Å²) in [4.78, 5) is 22.7. The molecule has 6 heteroatoms. The van der Waals surface area contributed by atoms with Gasteiger partial charge in [-0.3, -0.25) is 9.59 Å². The first-order valence-corrected chi connectivity index (χ1v) is 5.95. The van der Waals surface area contributed by atoms with Crippen molar-refractivity contribution in [2.45, 2.75) is 31.3 Å². The first kappa shape index (κ1) is 14.9. The molecule has 0 bridgehead atoms. The van der Waals surface area contributed by atoms with E-state index >= 15 is 0 Å². The lowest BCUT2D eigenvalue weighted by molar-refractivity contribution is -0.160. The van der Waals surface area contributed by atoms with Gasteiger partial charge in [-0.2, -0.15) is 0 Å². The molecule has 1 saturated heterocycles. The van der Waals surface area contributed by atoms with Crippen molar-refractivity contribution < 1.29 is 28.9 Å². The van der Waals surface area contributed by atoms with Crippen LogP contribution in [0.15, 0.2) is 0 Å². The highest BCUT2D eigenvalue weighted by atomic mass is 16.5. The number of rotatable bonds is 5. The Morgan fingerprint density at radius 3 is 2.00 bits per heavy atom. The van der Waals surface area contributed by atoms with E-state index in [1.807, 2.05) is 0 Å². The van der Waals surface area contributed by atoms with Gasteiger partial charge < -0.3 is 19.3 Å². The Hall–Kier alpha value is -1.14. The summed E-state index contributed by atoms with van der Waals surface area (Å²) in [7, 11) is 2.51. The Morgan fingerprint density at radius 1 is 1.17 bits per heavy atom. The molecule has 1 heterocycles. The molecular weight excluding hydrogens is 240 g/mol. The molecule has 6 nitrogen and oxygen atoms in total. The van der Waals surface area contributed by atoms with Crippen LogP contribution in [0.2, 0.25) is 0 Å². The largest absolute Gasteiger partial charge is 0.469 e. The normalized spacial score (nSPS) is 17.3. The number of aliphatic hydroxyl groups is 1. The van der Waals surface area contributed by atoms with Crippen LogP contribution in [0.4, 0.5) is 0 Å². The summed E-state index contributed by atoms with van der Waals surface area (Å²) < 4.78 is 14.4. The van der Waals surface area contributed by atoms with E-state index in [-0.39, 0.29) is 18.8 Å². The topological polar surface area (TPSA) is 82.1 Å². The smallest absolute Gasteiger partial charge is 0.308 e. The van der Waals surface area contributed by atoms with Gasteiger partial charge in [0.15, 0.2) is 0 Å². The van der Waals surface area contributed by atoms with Crippen molar-refractivity contribution in [3.63, 3.8) is 0 Å². The molecule has 1 fully saturated rings. The molecule has 0 aromatic heterocycles. The second-order valence-electron chi connectivity index (χ2n) is 4.50. The average Bonchev–Trinajstić information content (AvgIpc) is 2.39. The van der Waals surface area contributed by atoms with Crippen LogP contribution in [0, 0.1) is 5.92 Å². The summed E-state index contributed by atoms with van der Waals surface area (Å²) in [6.07, 6.45) is 0.821. The molecule has 104 valence electrons. The maximum absolute atomic E-state index is 11.4. The maximum Gasteiger partial charge on any atom is 0.308 e. The van der Waals surface area contributed by atoms with Gasteiger partial charge in [-0.25, -0.2) is 0 Å². The third-order valence-corrected chi connectivity index (χ3v) is 3.34. The minimum atomic E-state index is -1.41. The number of carbonyl (C=O) groups excluding carboxylic acids is 2. The van der Waals surface area contributed by atoms with Gasteiger partial charge in [0.2, 0.25) is 0 Å². The zero-order valence-corrected chi connectivity index (χ0v) is 10.8. The molecule has 0 spiro atoms. The van der Waals surface area contributed by atoms with Gasteiger partial charge in [0.1, 0.15) is 0 Å². The van der Waals surface area contributed by atoms with Crippen LogP contribution in [0.3, 0.4) is 0 Å². The highest BCUT2D eigenvalue weighted by molar-refractivity contribution is 5.75. The van der Waals surface area contributed by atoms with Crippen LogP contribution in [0.1, 0.15) is 25.7 Å². The molecule has 1 aliphatic heterocycles. The van der Waals surface area contributed by atoms with E-state index in [1.165, 1.54) is 14.2 Å². The fourth-order valence-electron chi connectivity index (χ4n) is 2.23. The van der Waals surface area contributed by atoms with Crippen molar-refractivity contribution in [2.24, 2.45) is 5.92 Å². The second kappa shape index (κ2) is 6.70. The number of ether oxygens (including phenoxy) is 3. The zero-order chi connectivity index (χ0) is 13.6. The lowest BCUT2D eigenvalue weighted by Gasteiger charge is -2.36. The second-order valence-corrected chi connectivity index (χ2v) is 4.50. The molecule has 0 aliphatic carbocycles. The molecule has 1 aliphatic rings. The Labute approximate surface area is 106 Å². The van der Waals surface area contributed by atoms with Gasteiger partial charge in [-0.1, -0.05) is 0 Å². The van der Waals surface area contributed by atoms with E-state index in [4.69, 9.17) is 4.74 Å². The molecule has 0 aromatic carbocycles. The minimum absolute atomic E-state index is 0.163. The van der Waals surface area contributed by atoms with Crippen LogP contribution in [-0.4, -0.2) is 50.1 Å². The Balaban J connectivity index is 2.77. The predicted octanol–water partition coefficient (Wildman–Crippen LogP) is 0.270. The highest BCUT2D eigenvalue weighted by Gasteiger charge is 2.42. The highest BCUT2D eigenvalue weighted by Crippen LogP contribution is 2.33. The van der Waals surface area contributed by atoms with Gasteiger partial charge in [-0.05, 0) is 18.8 Å². The van der Waals surface area contributed by atoms with Gasteiger partial charge in [0, 0.05) is 13.2 Å². The molecule has 0 aromatic rings. The number of methoxy groups -OCH3 is 2. The van der Waals surface area contributed by atoms with Crippen molar-refractivity contribution in [2.75, 3.05) is 27.4 Å². The van der Waals surface area contributed by atoms with Crippen molar-refractivity contribution in [3.05, 3.63) is 0 Å². The molecule has 0 amide bonds. The van der Waals surface area contributed by atoms with Crippen molar-refractivity contribution >= 4 is 11.9 Å². The number of carbonyl (C=O) groups is 2. The third kappa shape index (κ3) is 3.96. The Morgan fingerprint density at radius 2 is 1.61 bits per heavy atom. The van der Waals surface area contributed by atoms with Crippen LogP contribution in [-0.2, 0) is 23.8 Å². The van der Waals surface area contributed by atoms with E-state index in [0.29, 0.717) is 26.1 Å². The first-order valence-electron chi connectivity index (χ1n) is 5.95. The van der Waals surface area contributed by atoms with E-state index in [9.17, 15) is 14.7 Å². The van der Waals surface area contributed by atoms with Crippen molar-refractivity contribution in [1.29, 1.82) is 0 Å². The Kier molecular flexibility index (Phi) is 5.55. The molecule has 0 atom stereocenters. The fraction of sp³-hybridized carbons (Fsp3) is 0.833. The zero-order valence-electron chi connectivity index (χ0n) is 10.8. The van der Waals surface area contributed by atoms with E-state index in [2.05, 4.69) is 9.47 Å². The summed E-state index contributed by atoms with van der Waals surface area (Å²) in [6, 6.07) is 0. The van der Waals surface area contributed by atoms with Crippen molar-refractivity contribution in [3.8, 4) is 0 Å².